The molecule has 1 fully saturated rings. The minimum absolute atomic E-state index is 0.164. The Morgan fingerprint density at radius 3 is 2.56 bits per heavy atom. The smallest absolute Gasteiger partial charge is 0.254 e. The van der Waals surface area contributed by atoms with Crippen LogP contribution in [0.2, 0.25) is 0 Å². The van der Waals surface area contributed by atoms with E-state index in [1.807, 2.05) is 32.0 Å². The van der Waals surface area contributed by atoms with Gasteiger partial charge >= 0.3 is 0 Å². The average Bonchev–Trinajstić information content (AvgIpc) is 2.59. The molecule has 4 nitrogen and oxygen atoms in total. The number of amides is 2. The highest BCUT2D eigenvalue weighted by Gasteiger charge is 2.36. The summed E-state index contributed by atoms with van der Waals surface area (Å²) in [6, 6.07) is 11.4. The molecular formula is C20H21FN2O2. The fraction of sp³-hybridized carbons (Fsp3) is 0.300. The molecule has 0 radical (unpaired) electrons. The summed E-state index contributed by atoms with van der Waals surface area (Å²) >= 11 is 0. The van der Waals surface area contributed by atoms with Gasteiger partial charge in [-0.25, -0.2) is 4.39 Å². The summed E-state index contributed by atoms with van der Waals surface area (Å²) in [5.74, 6) is -0.856. The van der Waals surface area contributed by atoms with Crippen LogP contribution in [0.25, 0.3) is 0 Å². The zero-order valence-electron chi connectivity index (χ0n) is 14.6. The molecule has 1 atom stereocenters. The first-order valence-corrected chi connectivity index (χ1v) is 8.34. The lowest BCUT2D eigenvalue weighted by Crippen LogP contribution is -2.58. The molecule has 2 aromatic rings. The average molecular weight is 340 g/mol. The zero-order valence-corrected chi connectivity index (χ0v) is 14.6. The number of carbonyl (C=O) groups excluding carboxylic acids is 2. The third-order valence-corrected chi connectivity index (χ3v) is 4.68. The third kappa shape index (κ3) is 3.14. The molecule has 25 heavy (non-hydrogen) atoms. The SMILES string of the molecule is Cc1ccc(F)c(N2CCN(C(=O)c3ccccc3C)[C@H](C)C2=O)c1. The second-order valence-electron chi connectivity index (χ2n) is 6.43. The molecule has 2 amide bonds. The predicted molar refractivity (Wildman–Crippen MR) is 95.2 cm³/mol. The van der Waals surface area contributed by atoms with Crippen LogP contribution in [0.15, 0.2) is 42.5 Å². The molecule has 1 aliphatic rings. The van der Waals surface area contributed by atoms with Gasteiger partial charge in [0, 0.05) is 18.7 Å². The molecule has 0 saturated carbocycles. The van der Waals surface area contributed by atoms with Gasteiger partial charge in [0.2, 0.25) is 5.91 Å². The lowest BCUT2D eigenvalue weighted by atomic mass is 10.0. The molecule has 0 bridgehead atoms. The molecule has 3 rings (SSSR count). The number of benzene rings is 2. The fourth-order valence-corrected chi connectivity index (χ4v) is 3.18. The number of halogens is 1. The van der Waals surface area contributed by atoms with E-state index in [0.717, 1.165) is 11.1 Å². The van der Waals surface area contributed by atoms with Gasteiger partial charge in [0.25, 0.3) is 5.91 Å². The Labute approximate surface area is 146 Å². The Morgan fingerprint density at radius 2 is 1.84 bits per heavy atom. The van der Waals surface area contributed by atoms with Crippen LogP contribution < -0.4 is 4.90 Å². The maximum Gasteiger partial charge on any atom is 0.254 e. The number of aryl methyl sites for hydroxylation is 2. The summed E-state index contributed by atoms with van der Waals surface area (Å²) in [4.78, 5) is 28.6. The van der Waals surface area contributed by atoms with E-state index in [0.29, 0.717) is 12.1 Å². The highest BCUT2D eigenvalue weighted by atomic mass is 19.1. The van der Waals surface area contributed by atoms with Gasteiger partial charge in [-0.05, 0) is 50.1 Å². The maximum atomic E-state index is 14.2. The summed E-state index contributed by atoms with van der Waals surface area (Å²) in [5, 5.41) is 0. The van der Waals surface area contributed by atoms with E-state index in [4.69, 9.17) is 0 Å². The van der Waals surface area contributed by atoms with Gasteiger partial charge < -0.3 is 9.80 Å². The van der Waals surface area contributed by atoms with Crippen molar-refractivity contribution in [2.45, 2.75) is 26.8 Å². The summed E-state index contributed by atoms with van der Waals surface area (Å²) in [6.07, 6.45) is 0. The van der Waals surface area contributed by atoms with Gasteiger partial charge in [-0.3, -0.25) is 9.59 Å². The van der Waals surface area contributed by atoms with Crippen molar-refractivity contribution in [2.24, 2.45) is 0 Å². The summed E-state index contributed by atoms with van der Waals surface area (Å²) < 4.78 is 14.2. The van der Waals surface area contributed by atoms with Crippen molar-refractivity contribution in [3.05, 3.63) is 65.0 Å². The first-order valence-electron chi connectivity index (χ1n) is 8.34. The van der Waals surface area contributed by atoms with Gasteiger partial charge in [-0.1, -0.05) is 24.3 Å². The van der Waals surface area contributed by atoms with Gasteiger partial charge in [0.15, 0.2) is 0 Å². The molecular weight excluding hydrogens is 319 g/mol. The van der Waals surface area contributed by atoms with E-state index in [1.165, 1.54) is 11.0 Å². The lowest BCUT2D eigenvalue weighted by molar-refractivity contribution is -0.124. The minimum atomic E-state index is -0.638. The topological polar surface area (TPSA) is 40.6 Å². The monoisotopic (exact) mass is 340 g/mol. The summed E-state index contributed by atoms with van der Waals surface area (Å²) in [7, 11) is 0. The van der Waals surface area contributed by atoms with Crippen LogP contribution in [0, 0.1) is 19.7 Å². The molecule has 5 heteroatoms. The number of hydrogen-bond acceptors (Lipinski definition) is 2. The molecule has 1 saturated heterocycles. The Kier molecular flexibility index (Phi) is 4.57. The number of anilines is 1. The van der Waals surface area contributed by atoms with E-state index in [1.54, 1.807) is 30.0 Å². The molecule has 130 valence electrons. The van der Waals surface area contributed by atoms with Crippen molar-refractivity contribution in [1.82, 2.24) is 4.90 Å². The Hall–Kier alpha value is -2.69. The predicted octanol–water partition coefficient (Wildman–Crippen LogP) is 3.32. The van der Waals surface area contributed by atoms with Gasteiger partial charge in [0.1, 0.15) is 11.9 Å². The summed E-state index contributed by atoms with van der Waals surface area (Å²) in [5.41, 5.74) is 2.63. The van der Waals surface area contributed by atoms with Crippen LogP contribution in [0.4, 0.5) is 10.1 Å². The van der Waals surface area contributed by atoms with Crippen molar-refractivity contribution >= 4 is 17.5 Å². The van der Waals surface area contributed by atoms with Crippen LogP contribution in [-0.2, 0) is 4.79 Å². The zero-order chi connectivity index (χ0) is 18.1. The van der Waals surface area contributed by atoms with Gasteiger partial charge in [0.05, 0.1) is 5.69 Å². The van der Waals surface area contributed by atoms with Gasteiger partial charge in [-0.15, -0.1) is 0 Å². The number of hydrogen-bond donors (Lipinski definition) is 0. The van der Waals surface area contributed by atoms with Gasteiger partial charge in [-0.2, -0.15) is 0 Å². The van der Waals surface area contributed by atoms with Crippen LogP contribution >= 0.6 is 0 Å². The number of carbonyl (C=O) groups is 2. The molecule has 1 aliphatic heterocycles. The highest BCUT2D eigenvalue weighted by molar-refractivity contribution is 6.04. The van der Waals surface area contributed by atoms with Crippen molar-refractivity contribution < 1.29 is 14.0 Å². The first-order chi connectivity index (χ1) is 11.9. The van der Waals surface area contributed by atoms with Crippen LogP contribution in [0.5, 0.6) is 0 Å². The largest absolute Gasteiger partial charge is 0.325 e. The van der Waals surface area contributed by atoms with Crippen molar-refractivity contribution in [2.75, 3.05) is 18.0 Å². The molecule has 0 aliphatic carbocycles. The van der Waals surface area contributed by atoms with E-state index < -0.39 is 11.9 Å². The van der Waals surface area contributed by atoms with E-state index in [2.05, 4.69) is 0 Å². The number of piperazine rings is 1. The lowest BCUT2D eigenvalue weighted by Gasteiger charge is -2.39. The second-order valence-corrected chi connectivity index (χ2v) is 6.43. The molecule has 0 unspecified atom stereocenters. The Morgan fingerprint density at radius 1 is 1.12 bits per heavy atom. The molecule has 0 aromatic heterocycles. The molecule has 0 N–H and O–H groups in total. The molecule has 1 heterocycles. The molecule has 0 spiro atoms. The van der Waals surface area contributed by atoms with E-state index in [9.17, 15) is 14.0 Å². The van der Waals surface area contributed by atoms with E-state index >= 15 is 0 Å². The Balaban J connectivity index is 1.86. The highest BCUT2D eigenvalue weighted by Crippen LogP contribution is 2.26. The van der Waals surface area contributed by atoms with Crippen LogP contribution in [0.1, 0.15) is 28.4 Å². The first kappa shape index (κ1) is 17.1. The number of rotatable bonds is 2. The maximum absolute atomic E-state index is 14.2. The van der Waals surface area contributed by atoms with Crippen molar-refractivity contribution in [1.29, 1.82) is 0 Å². The normalized spacial score (nSPS) is 17.8. The van der Waals surface area contributed by atoms with Crippen LogP contribution in [-0.4, -0.2) is 35.8 Å². The Bertz CT molecular complexity index is 834. The molecule has 2 aromatic carbocycles. The third-order valence-electron chi connectivity index (χ3n) is 4.68. The quantitative estimate of drug-likeness (QED) is 0.841. The fourth-order valence-electron chi connectivity index (χ4n) is 3.18. The van der Waals surface area contributed by atoms with E-state index in [-0.39, 0.29) is 24.0 Å². The number of nitrogens with zero attached hydrogens (tertiary/aromatic N) is 2. The summed E-state index contributed by atoms with van der Waals surface area (Å²) in [6.45, 7) is 6.07. The minimum Gasteiger partial charge on any atom is -0.325 e. The van der Waals surface area contributed by atoms with Crippen LogP contribution in [0.3, 0.4) is 0 Å². The van der Waals surface area contributed by atoms with Crippen molar-refractivity contribution in [3.63, 3.8) is 0 Å². The standard InChI is InChI=1S/C20H21FN2O2/c1-13-8-9-17(21)18(12-13)23-11-10-22(15(3)19(23)24)20(25)16-7-5-4-6-14(16)2/h4-9,12,15H,10-11H2,1-3H3/t15-/m1/s1. The second kappa shape index (κ2) is 6.67. The van der Waals surface area contributed by atoms with Crippen molar-refractivity contribution in [3.8, 4) is 0 Å².